The van der Waals surface area contributed by atoms with E-state index in [0.29, 0.717) is 32.5 Å². The summed E-state index contributed by atoms with van der Waals surface area (Å²) in [6, 6.07) is 0. The van der Waals surface area contributed by atoms with Crippen LogP contribution in [-0.2, 0) is 14.6 Å². The van der Waals surface area contributed by atoms with Crippen LogP contribution in [0.2, 0.25) is 0 Å². The number of nitrogens with zero attached hydrogens (tertiary/aromatic N) is 1. The van der Waals surface area contributed by atoms with E-state index in [1.807, 2.05) is 0 Å². The fourth-order valence-corrected chi connectivity index (χ4v) is 5.44. The maximum atomic E-state index is 12.1. The summed E-state index contributed by atoms with van der Waals surface area (Å²) >= 11 is 0. The molecule has 0 bridgehead atoms. The summed E-state index contributed by atoms with van der Waals surface area (Å²) in [5.74, 6) is 0.274. The standard InChI is InChI=1S/C11H20N2O3S/c1-2-10(14)13-6-9-11(7-12,8-13)4-3-5-17(9,15)16/h9H,2-8,12H2,1H3. The second-order valence-corrected chi connectivity index (χ2v) is 7.46. The zero-order chi connectivity index (χ0) is 12.7. The summed E-state index contributed by atoms with van der Waals surface area (Å²) < 4.78 is 24.2. The molecule has 6 heteroatoms. The van der Waals surface area contributed by atoms with Crippen molar-refractivity contribution in [2.45, 2.75) is 31.4 Å². The van der Waals surface area contributed by atoms with Gasteiger partial charge in [-0.1, -0.05) is 6.92 Å². The highest BCUT2D eigenvalue weighted by molar-refractivity contribution is 7.92. The molecule has 1 amide bonds. The van der Waals surface area contributed by atoms with Gasteiger partial charge in [-0.05, 0) is 12.8 Å². The van der Waals surface area contributed by atoms with Crippen LogP contribution in [0.4, 0.5) is 0 Å². The molecule has 0 spiro atoms. The molecule has 2 N–H and O–H groups in total. The zero-order valence-corrected chi connectivity index (χ0v) is 11.0. The molecule has 2 fully saturated rings. The highest BCUT2D eigenvalue weighted by Crippen LogP contribution is 2.42. The lowest BCUT2D eigenvalue weighted by Gasteiger charge is -2.36. The number of hydrogen-bond donors (Lipinski definition) is 1. The molecular weight excluding hydrogens is 240 g/mol. The van der Waals surface area contributed by atoms with E-state index in [1.54, 1.807) is 11.8 Å². The van der Waals surface area contributed by atoms with E-state index in [4.69, 9.17) is 5.73 Å². The lowest BCUT2D eigenvalue weighted by Crippen LogP contribution is -2.49. The first-order chi connectivity index (χ1) is 7.95. The maximum Gasteiger partial charge on any atom is 0.222 e. The number of hydrogen-bond acceptors (Lipinski definition) is 4. The van der Waals surface area contributed by atoms with E-state index < -0.39 is 15.1 Å². The van der Waals surface area contributed by atoms with Crippen LogP contribution in [0.25, 0.3) is 0 Å². The van der Waals surface area contributed by atoms with Gasteiger partial charge in [0.05, 0.1) is 11.0 Å². The number of carbonyl (C=O) groups excluding carboxylic acids is 1. The second-order valence-electron chi connectivity index (χ2n) is 5.15. The van der Waals surface area contributed by atoms with E-state index in [2.05, 4.69) is 0 Å². The van der Waals surface area contributed by atoms with Gasteiger partial charge in [0.2, 0.25) is 5.91 Å². The number of fused-ring (bicyclic) bond motifs is 1. The molecule has 98 valence electrons. The van der Waals surface area contributed by atoms with Gasteiger partial charge in [0.15, 0.2) is 9.84 Å². The van der Waals surface area contributed by atoms with Crippen molar-refractivity contribution >= 4 is 15.7 Å². The van der Waals surface area contributed by atoms with Crippen molar-refractivity contribution in [1.82, 2.24) is 4.90 Å². The van der Waals surface area contributed by atoms with Crippen LogP contribution in [0.15, 0.2) is 0 Å². The van der Waals surface area contributed by atoms with Gasteiger partial charge < -0.3 is 10.6 Å². The molecular formula is C11H20N2O3S. The summed E-state index contributed by atoms with van der Waals surface area (Å²) in [6.45, 7) is 3.00. The largest absolute Gasteiger partial charge is 0.341 e. The molecule has 2 aliphatic heterocycles. The lowest BCUT2D eigenvalue weighted by atomic mass is 9.82. The monoisotopic (exact) mass is 260 g/mol. The molecule has 0 aromatic heterocycles. The third-order valence-electron chi connectivity index (χ3n) is 4.17. The highest BCUT2D eigenvalue weighted by atomic mass is 32.2. The number of likely N-dealkylation sites (tertiary alicyclic amines) is 1. The van der Waals surface area contributed by atoms with Gasteiger partial charge in [-0.25, -0.2) is 8.42 Å². The third kappa shape index (κ3) is 1.97. The quantitative estimate of drug-likeness (QED) is 0.743. The van der Waals surface area contributed by atoms with Gasteiger partial charge in [0.25, 0.3) is 0 Å². The molecule has 5 nitrogen and oxygen atoms in total. The molecule has 2 rings (SSSR count). The second kappa shape index (κ2) is 4.24. The molecule has 0 aromatic rings. The molecule has 2 saturated heterocycles. The Morgan fingerprint density at radius 1 is 1.53 bits per heavy atom. The number of amides is 1. The van der Waals surface area contributed by atoms with Crippen molar-refractivity contribution in [2.75, 3.05) is 25.4 Å². The van der Waals surface area contributed by atoms with Crippen molar-refractivity contribution in [3.8, 4) is 0 Å². The van der Waals surface area contributed by atoms with Crippen LogP contribution in [0, 0.1) is 5.41 Å². The predicted molar refractivity (Wildman–Crippen MR) is 65.2 cm³/mol. The van der Waals surface area contributed by atoms with Crippen molar-refractivity contribution in [3.05, 3.63) is 0 Å². The van der Waals surface area contributed by atoms with E-state index in [-0.39, 0.29) is 17.1 Å². The SMILES string of the molecule is CCC(=O)N1CC2C(CN)(CCCS2(=O)=O)C1. The first-order valence-corrected chi connectivity index (χ1v) is 7.86. The Hall–Kier alpha value is -0.620. The van der Waals surface area contributed by atoms with Crippen LogP contribution in [0.3, 0.4) is 0 Å². The van der Waals surface area contributed by atoms with E-state index in [9.17, 15) is 13.2 Å². The molecule has 2 unspecified atom stereocenters. The molecule has 2 aliphatic rings. The Balaban J connectivity index is 2.31. The fraction of sp³-hybridized carbons (Fsp3) is 0.909. The van der Waals surface area contributed by atoms with Gasteiger partial charge in [-0.2, -0.15) is 0 Å². The van der Waals surface area contributed by atoms with Gasteiger partial charge in [-0.15, -0.1) is 0 Å². The third-order valence-corrected chi connectivity index (χ3v) is 6.55. The normalized spacial score (nSPS) is 35.6. The van der Waals surface area contributed by atoms with Crippen LogP contribution in [-0.4, -0.2) is 49.9 Å². The average molecular weight is 260 g/mol. The van der Waals surface area contributed by atoms with E-state index in [0.717, 1.165) is 6.42 Å². The molecule has 17 heavy (non-hydrogen) atoms. The Kier molecular flexibility index (Phi) is 3.20. The smallest absolute Gasteiger partial charge is 0.222 e. The Morgan fingerprint density at radius 2 is 2.24 bits per heavy atom. The summed E-state index contributed by atoms with van der Waals surface area (Å²) in [5, 5.41) is -0.441. The van der Waals surface area contributed by atoms with Crippen LogP contribution >= 0.6 is 0 Å². The topological polar surface area (TPSA) is 80.5 Å². The fourth-order valence-electron chi connectivity index (χ4n) is 3.15. The van der Waals surface area contributed by atoms with Gasteiger partial charge in [0, 0.05) is 31.5 Å². The minimum absolute atomic E-state index is 0.0300. The van der Waals surface area contributed by atoms with Crippen molar-refractivity contribution in [1.29, 1.82) is 0 Å². The average Bonchev–Trinajstić information content (AvgIpc) is 2.69. The molecule has 0 aliphatic carbocycles. The van der Waals surface area contributed by atoms with Crippen molar-refractivity contribution in [3.63, 3.8) is 0 Å². The van der Waals surface area contributed by atoms with E-state index in [1.165, 1.54) is 0 Å². The molecule has 2 heterocycles. The van der Waals surface area contributed by atoms with E-state index >= 15 is 0 Å². The molecule has 2 atom stereocenters. The summed E-state index contributed by atoms with van der Waals surface area (Å²) in [5.41, 5.74) is 5.41. The summed E-state index contributed by atoms with van der Waals surface area (Å²) in [4.78, 5) is 13.4. The first kappa shape index (κ1) is 12.8. The lowest BCUT2D eigenvalue weighted by molar-refractivity contribution is -0.130. The van der Waals surface area contributed by atoms with Gasteiger partial charge in [0.1, 0.15) is 0 Å². The Morgan fingerprint density at radius 3 is 2.76 bits per heavy atom. The van der Waals surface area contributed by atoms with Crippen molar-refractivity contribution in [2.24, 2.45) is 11.1 Å². The minimum Gasteiger partial charge on any atom is -0.341 e. The Bertz CT molecular complexity index is 420. The number of sulfone groups is 1. The Labute approximate surface area is 102 Å². The molecule has 0 saturated carbocycles. The van der Waals surface area contributed by atoms with Crippen LogP contribution in [0.5, 0.6) is 0 Å². The summed E-state index contributed by atoms with van der Waals surface area (Å²) in [6.07, 6.45) is 1.92. The highest BCUT2D eigenvalue weighted by Gasteiger charge is 2.54. The molecule has 0 aromatic carbocycles. The number of carbonyl (C=O) groups is 1. The van der Waals surface area contributed by atoms with Crippen LogP contribution in [0.1, 0.15) is 26.2 Å². The molecule has 0 radical (unpaired) electrons. The number of nitrogens with two attached hydrogens (primary N) is 1. The zero-order valence-electron chi connectivity index (χ0n) is 10.2. The van der Waals surface area contributed by atoms with Crippen LogP contribution < -0.4 is 5.73 Å². The first-order valence-electron chi connectivity index (χ1n) is 6.14. The van der Waals surface area contributed by atoms with Gasteiger partial charge >= 0.3 is 0 Å². The minimum atomic E-state index is -3.08. The van der Waals surface area contributed by atoms with Gasteiger partial charge in [-0.3, -0.25) is 4.79 Å². The number of rotatable bonds is 2. The maximum absolute atomic E-state index is 12.1. The predicted octanol–water partition coefficient (Wildman–Crippen LogP) is -0.239. The van der Waals surface area contributed by atoms with Crippen molar-refractivity contribution < 1.29 is 13.2 Å². The summed E-state index contributed by atoms with van der Waals surface area (Å²) in [7, 11) is -3.08.